The molecule has 5 nitrogen and oxygen atoms in total. The lowest BCUT2D eigenvalue weighted by atomic mass is 10.0. The van der Waals surface area contributed by atoms with E-state index in [0.29, 0.717) is 4.90 Å². The van der Waals surface area contributed by atoms with E-state index in [2.05, 4.69) is 0 Å². The standard InChI is InChI=1S/C15H11F3N2O3/c16-15(17,18)14(23)20-11(7-13(21)22)6-9(8-19)5-10-3-1-2-4-12(10)20/h1-5,11H,6-7H2,(H,21,22)/p-1. The molecule has 1 heterocycles. The van der Waals surface area contributed by atoms with Crippen LogP contribution in [0.4, 0.5) is 18.9 Å². The van der Waals surface area contributed by atoms with Crippen molar-refractivity contribution in [2.45, 2.75) is 25.1 Å². The molecule has 1 unspecified atom stereocenters. The van der Waals surface area contributed by atoms with E-state index in [1.165, 1.54) is 24.3 Å². The Labute approximate surface area is 129 Å². The highest BCUT2D eigenvalue weighted by molar-refractivity contribution is 6.00. The van der Waals surface area contributed by atoms with E-state index in [0.717, 1.165) is 0 Å². The molecule has 0 bridgehead atoms. The maximum absolute atomic E-state index is 12.9. The van der Waals surface area contributed by atoms with Gasteiger partial charge in [-0.3, -0.25) is 4.79 Å². The van der Waals surface area contributed by atoms with Crippen LogP contribution in [0.1, 0.15) is 18.4 Å². The van der Waals surface area contributed by atoms with Crippen molar-refractivity contribution in [3.05, 3.63) is 35.4 Å². The van der Waals surface area contributed by atoms with Crippen LogP contribution in [0.15, 0.2) is 29.8 Å². The summed E-state index contributed by atoms with van der Waals surface area (Å²) >= 11 is 0. The highest BCUT2D eigenvalue weighted by Gasteiger charge is 2.46. The lowest BCUT2D eigenvalue weighted by Gasteiger charge is -2.32. The van der Waals surface area contributed by atoms with Crippen molar-refractivity contribution in [1.29, 1.82) is 5.26 Å². The molecule has 120 valence electrons. The number of alkyl halides is 3. The van der Waals surface area contributed by atoms with E-state index >= 15 is 0 Å². The summed E-state index contributed by atoms with van der Waals surface area (Å²) in [4.78, 5) is 23.1. The Morgan fingerprint density at radius 3 is 2.57 bits per heavy atom. The highest BCUT2D eigenvalue weighted by atomic mass is 19.4. The predicted octanol–water partition coefficient (Wildman–Crippen LogP) is 1.40. The third kappa shape index (κ3) is 3.51. The molecule has 0 fully saturated rings. The van der Waals surface area contributed by atoms with Crippen LogP contribution >= 0.6 is 0 Å². The van der Waals surface area contributed by atoms with Gasteiger partial charge in [0.25, 0.3) is 0 Å². The molecule has 0 aliphatic carbocycles. The number of hydrogen-bond acceptors (Lipinski definition) is 4. The van der Waals surface area contributed by atoms with E-state index in [1.54, 1.807) is 6.07 Å². The second kappa shape index (κ2) is 6.12. The largest absolute Gasteiger partial charge is 0.550 e. The van der Waals surface area contributed by atoms with Crippen LogP contribution in [-0.4, -0.2) is 24.1 Å². The first-order valence-corrected chi connectivity index (χ1v) is 6.54. The van der Waals surface area contributed by atoms with Crippen molar-refractivity contribution >= 4 is 23.6 Å². The van der Waals surface area contributed by atoms with Crippen molar-refractivity contribution in [3.8, 4) is 6.07 Å². The Morgan fingerprint density at radius 1 is 1.35 bits per heavy atom. The number of amides is 1. The minimum absolute atomic E-state index is 0.0844. The second-order valence-corrected chi connectivity index (χ2v) is 4.95. The zero-order chi connectivity index (χ0) is 17.2. The maximum atomic E-state index is 12.9. The molecule has 1 amide bonds. The van der Waals surface area contributed by atoms with Crippen LogP contribution in [0.25, 0.3) is 6.08 Å². The number of hydrogen-bond donors (Lipinski definition) is 0. The number of fused-ring (bicyclic) bond motifs is 1. The Hall–Kier alpha value is -2.82. The van der Waals surface area contributed by atoms with Crippen LogP contribution in [0, 0.1) is 11.3 Å². The Kier molecular flexibility index (Phi) is 4.40. The molecule has 1 aromatic carbocycles. The van der Waals surface area contributed by atoms with Gasteiger partial charge in [-0.1, -0.05) is 18.2 Å². The Balaban J connectivity index is 2.61. The third-order valence-corrected chi connectivity index (χ3v) is 3.35. The monoisotopic (exact) mass is 323 g/mol. The molecule has 1 aromatic rings. The van der Waals surface area contributed by atoms with Crippen molar-refractivity contribution in [1.82, 2.24) is 0 Å². The number of anilines is 1. The molecule has 0 N–H and O–H groups in total. The van der Waals surface area contributed by atoms with Gasteiger partial charge in [0, 0.05) is 30.4 Å². The fraction of sp³-hybridized carbons (Fsp3) is 0.267. The molecule has 0 spiro atoms. The second-order valence-electron chi connectivity index (χ2n) is 4.95. The van der Waals surface area contributed by atoms with Crippen LogP contribution in [-0.2, 0) is 9.59 Å². The molecule has 23 heavy (non-hydrogen) atoms. The Bertz CT molecular complexity index is 719. The summed E-state index contributed by atoms with van der Waals surface area (Å²) < 4.78 is 38.7. The van der Waals surface area contributed by atoms with E-state index < -0.39 is 30.5 Å². The van der Waals surface area contributed by atoms with Crippen LogP contribution in [0.2, 0.25) is 0 Å². The van der Waals surface area contributed by atoms with Crippen molar-refractivity contribution in [2.75, 3.05) is 4.90 Å². The molecular formula is C15H10F3N2O3-. The number of para-hydroxylation sites is 1. The number of carboxylic acids is 1. The normalized spacial score (nSPS) is 17.6. The summed E-state index contributed by atoms with van der Waals surface area (Å²) in [6.07, 6.45) is -4.94. The van der Waals surface area contributed by atoms with Gasteiger partial charge in [0.15, 0.2) is 0 Å². The SMILES string of the molecule is N#CC1=Cc2ccccc2N(C(=O)C(F)(F)F)C(CC(=O)[O-])C1. The average Bonchev–Trinajstić information content (AvgIpc) is 2.61. The van der Waals surface area contributed by atoms with Crippen molar-refractivity contribution in [2.24, 2.45) is 0 Å². The molecule has 1 aliphatic heterocycles. The molecule has 0 radical (unpaired) electrons. The number of nitrogens with zero attached hydrogens (tertiary/aromatic N) is 2. The summed E-state index contributed by atoms with van der Waals surface area (Å²) in [7, 11) is 0. The lowest BCUT2D eigenvalue weighted by molar-refractivity contribution is -0.306. The minimum Gasteiger partial charge on any atom is -0.550 e. The maximum Gasteiger partial charge on any atom is 0.471 e. The van der Waals surface area contributed by atoms with Crippen LogP contribution < -0.4 is 10.0 Å². The van der Waals surface area contributed by atoms with Gasteiger partial charge in [-0.15, -0.1) is 0 Å². The number of carboxylic acid groups (broad SMARTS) is 1. The smallest absolute Gasteiger partial charge is 0.471 e. The summed E-state index contributed by atoms with van der Waals surface area (Å²) in [6, 6.07) is 6.15. The zero-order valence-corrected chi connectivity index (χ0v) is 11.6. The topological polar surface area (TPSA) is 84.2 Å². The number of aliphatic carboxylic acids is 1. The number of benzene rings is 1. The fourth-order valence-electron chi connectivity index (χ4n) is 2.46. The number of carbonyl (C=O) groups excluding carboxylic acids is 2. The van der Waals surface area contributed by atoms with E-state index in [1.807, 2.05) is 6.07 Å². The predicted molar refractivity (Wildman–Crippen MR) is 71.6 cm³/mol. The number of carbonyl (C=O) groups is 2. The van der Waals surface area contributed by atoms with Gasteiger partial charge in [-0.05, 0) is 17.7 Å². The number of nitriles is 1. The average molecular weight is 323 g/mol. The summed E-state index contributed by atoms with van der Waals surface area (Å²) in [5.41, 5.74) is 0.231. The molecule has 1 aliphatic rings. The minimum atomic E-state index is -5.17. The molecule has 0 saturated heterocycles. The van der Waals surface area contributed by atoms with Crippen molar-refractivity contribution in [3.63, 3.8) is 0 Å². The highest BCUT2D eigenvalue weighted by Crippen LogP contribution is 2.35. The van der Waals surface area contributed by atoms with Crippen molar-refractivity contribution < 1.29 is 27.9 Å². The Morgan fingerprint density at radius 2 is 2.00 bits per heavy atom. The van der Waals surface area contributed by atoms with E-state index in [9.17, 15) is 27.9 Å². The number of halogens is 3. The van der Waals surface area contributed by atoms with Gasteiger partial charge in [0.2, 0.25) is 0 Å². The van der Waals surface area contributed by atoms with Gasteiger partial charge < -0.3 is 14.8 Å². The van der Waals surface area contributed by atoms with E-state index in [-0.39, 0.29) is 23.2 Å². The first-order chi connectivity index (χ1) is 10.7. The molecule has 0 saturated carbocycles. The fourth-order valence-corrected chi connectivity index (χ4v) is 2.46. The third-order valence-electron chi connectivity index (χ3n) is 3.35. The number of rotatable bonds is 2. The van der Waals surface area contributed by atoms with E-state index in [4.69, 9.17) is 5.26 Å². The molecule has 8 heteroatoms. The van der Waals surface area contributed by atoms with Gasteiger partial charge in [-0.2, -0.15) is 18.4 Å². The summed E-state index contributed by atoms with van der Waals surface area (Å²) in [6.45, 7) is 0. The molecule has 2 rings (SSSR count). The first kappa shape index (κ1) is 16.5. The van der Waals surface area contributed by atoms with Gasteiger partial charge in [0.1, 0.15) is 0 Å². The zero-order valence-electron chi connectivity index (χ0n) is 11.6. The summed E-state index contributed by atoms with van der Waals surface area (Å²) in [5, 5.41) is 19.9. The van der Waals surface area contributed by atoms with Gasteiger partial charge in [-0.25, -0.2) is 0 Å². The molecule has 0 aromatic heterocycles. The van der Waals surface area contributed by atoms with Gasteiger partial charge in [0.05, 0.1) is 11.8 Å². The van der Waals surface area contributed by atoms with Crippen LogP contribution in [0.3, 0.4) is 0 Å². The van der Waals surface area contributed by atoms with Crippen LogP contribution in [0.5, 0.6) is 0 Å². The molecule has 1 atom stereocenters. The van der Waals surface area contributed by atoms with Gasteiger partial charge >= 0.3 is 12.1 Å². The molecular weight excluding hydrogens is 313 g/mol. The lowest BCUT2D eigenvalue weighted by Crippen LogP contribution is -2.49. The summed E-state index contributed by atoms with van der Waals surface area (Å²) in [5.74, 6) is -3.78. The quantitative estimate of drug-likeness (QED) is 0.823. The first-order valence-electron chi connectivity index (χ1n) is 6.54.